The Morgan fingerprint density at radius 3 is 2.45 bits per heavy atom. The van der Waals surface area contributed by atoms with Crippen molar-refractivity contribution in [2.45, 2.75) is 25.6 Å². The first kappa shape index (κ1) is 14.6. The molecule has 0 amide bonds. The second-order valence-corrected chi connectivity index (χ2v) is 5.06. The summed E-state index contributed by atoms with van der Waals surface area (Å²) in [5, 5.41) is 0. The van der Waals surface area contributed by atoms with Crippen LogP contribution in [0.25, 0.3) is 11.4 Å². The van der Waals surface area contributed by atoms with Gasteiger partial charge in [0.1, 0.15) is 5.75 Å². The van der Waals surface area contributed by atoms with Crippen LogP contribution in [0.3, 0.4) is 0 Å². The number of epoxide rings is 1. The van der Waals surface area contributed by atoms with E-state index in [-0.39, 0.29) is 12.1 Å². The van der Waals surface area contributed by atoms with Crippen molar-refractivity contribution in [2.24, 2.45) is 0 Å². The van der Waals surface area contributed by atoms with E-state index in [1.807, 2.05) is 6.92 Å². The van der Waals surface area contributed by atoms with Gasteiger partial charge in [0.15, 0.2) is 11.9 Å². The lowest BCUT2D eigenvalue weighted by atomic mass is 10.2. The first-order valence-electron chi connectivity index (χ1n) is 7.02. The zero-order valence-corrected chi connectivity index (χ0v) is 12.0. The molecule has 1 aliphatic rings. The third-order valence-electron chi connectivity index (χ3n) is 3.36. The van der Waals surface area contributed by atoms with E-state index in [9.17, 15) is 9.18 Å². The summed E-state index contributed by atoms with van der Waals surface area (Å²) < 4.78 is 22.5. The Labute approximate surface area is 127 Å². The molecule has 0 aliphatic carbocycles. The molecule has 0 spiro atoms. The predicted octanol–water partition coefficient (Wildman–Crippen LogP) is 2.35. The Hall–Kier alpha value is -2.34. The molecule has 1 aromatic heterocycles. The summed E-state index contributed by atoms with van der Waals surface area (Å²) in [6.45, 7) is 1.39. The highest BCUT2D eigenvalue weighted by Gasteiger charge is 2.42. The van der Waals surface area contributed by atoms with Crippen LogP contribution in [0.5, 0.6) is 5.75 Å². The molecule has 2 atom stereocenters. The van der Waals surface area contributed by atoms with Gasteiger partial charge in [0.25, 0.3) is 0 Å². The maximum Gasteiger partial charge on any atom is 0.343 e. The lowest BCUT2D eigenvalue weighted by Gasteiger charge is -2.04. The van der Waals surface area contributed by atoms with Crippen LogP contribution in [0, 0.1) is 0 Å². The molecule has 2 heterocycles. The maximum atomic E-state index is 12.2. The first-order chi connectivity index (χ1) is 10.7. The minimum Gasteiger partial charge on any atom is -0.425 e. The van der Waals surface area contributed by atoms with E-state index in [0.29, 0.717) is 18.0 Å². The van der Waals surface area contributed by atoms with Crippen molar-refractivity contribution >= 4 is 5.97 Å². The third-order valence-corrected chi connectivity index (χ3v) is 3.36. The van der Waals surface area contributed by atoms with Crippen LogP contribution in [0.15, 0.2) is 36.7 Å². The highest BCUT2D eigenvalue weighted by Crippen LogP contribution is 2.25. The van der Waals surface area contributed by atoms with E-state index in [1.165, 1.54) is 0 Å². The molecule has 22 heavy (non-hydrogen) atoms. The molecule has 1 fully saturated rings. The smallest absolute Gasteiger partial charge is 0.343 e. The summed E-state index contributed by atoms with van der Waals surface area (Å²) in [4.78, 5) is 20.0. The molecule has 2 unspecified atom stereocenters. The number of ether oxygens (including phenoxy) is 2. The van der Waals surface area contributed by atoms with Crippen LogP contribution in [0.4, 0.5) is 4.39 Å². The summed E-state index contributed by atoms with van der Waals surface area (Å²) in [5.41, 5.74) is 1.55. The lowest BCUT2D eigenvalue weighted by Crippen LogP contribution is -2.16. The second-order valence-electron chi connectivity index (χ2n) is 5.06. The number of alkyl halides is 1. The van der Waals surface area contributed by atoms with Crippen molar-refractivity contribution in [2.75, 3.05) is 6.67 Å². The molecule has 1 aromatic carbocycles. The summed E-state index contributed by atoms with van der Waals surface area (Å²) in [6, 6.07) is 6.89. The van der Waals surface area contributed by atoms with E-state index in [0.717, 1.165) is 11.1 Å². The Kier molecular flexibility index (Phi) is 4.11. The van der Waals surface area contributed by atoms with Gasteiger partial charge in [-0.1, -0.05) is 0 Å². The Balaban J connectivity index is 1.66. The first-order valence-corrected chi connectivity index (χ1v) is 7.02. The number of aryl methyl sites for hydroxylation is 1. The van der Waals surface area contributed by atoms with Gasteiger partial charge in [-0.05, 0) is 36.8 Å². The van der Waals surface area contributed by atoms with E-state index >= 15 is 0 Å². The molecule has 114 valence electrons. The quantitative estimate of drug-likeness (QED) is 0.482. The van der Waals surface area contributed by atoms with Gasteiger partial charge in [0.2, 0.25) is 0 Å². The Morgan fingerprint density at radius 2 is 1.91 bits per heavy atom. The maximum absolute atomic E-state index is 12.2. The van der Waals surface area contributed by atoms with Crippen molar-refractivity contribution in [3.8, 4) is 17.1 Å². The van der Waals surface area contributed by atoms with Crippen molar-refractivity contribution in [1.29, 1.82) is 0 Å². The van der Waals surface area contributed by atoms with Gasteiger partial charge < -0.3 is 9.47 Å². The topological polar surface area (TPSA) is 64.6 Å². The number of esters is 1. The van der Waals surface area contributed by atoms with Crippen LogP contribution in [0.1, 0.15) is 12.5 Å². The molecule has 0 saturated carbocycles. The molecule has 0 bridgehead atoms. The van der Waals surface area contributed by atoms with Crippen molar-refractivity contribution in [3.05, 3.63) is 42.2 Å². The molecule has 0 N–H and O–H groups in total. The number of hydrogen-bond acceptors (Lipinski definition) is 5. The average Bonchev–Trinajstić information content (AvgIpc) is 3.26. The van der Waals surface area contributed by atoms with Gasteiger partial charge in [0, 0.05) is 24.4 Å². The molecule has 1 aliphatic heterocycles. The third kappa shape index (κ3) is 3.28. The van der Waals surface area contributed by atoms with Gasteiger partial charge in [0.05, 0.1) is 12.8 Å². The van der Waals surface area contributed by atoms with Crippen molar-refractivity contribution in [3.63, 3.8) is 0 Å². The standard InChI is InChI=1S/C16H15FN2O3/c1-10-14(21-10)16(20)22-13-4-2-12(3-5-13)15-18-8-11(6-7-17)9-19-15/h2-5,8-10,14H,6-7H2,1H3. The highest BCUT2D eigenvalue weighted by molar-refractivity contribution is 5.80. The number of carbonyl (C=O) groups is 1. The van der Waals surface area contributed by atoms with Crippen LogP contribution < -0.4 is 4.74 Å². The van der Waals surface area contributed by atoms with Gasteiger partial charge in [-0.15, -0.1) is 0 Å². The number of rotatable bonds is 5. The number of aromatic nitrogens is 2. The van der Waals surface area contributed by atoms with Crippen molar-refractivity contribution < 1.29 is 18.7 Å². The zero-order valence-electron chi connectivity index (χ0n) is 12.0. The Morgan fingerprint density at radius 1 is 1.27 bits per heavy atom. The molecule has 5 nitrogen and oxygen atoms in total. The number of nitrogens with zero attached hydrogens (tertiary/aromatic N) is 2. The van der Waals surface area contributed by atoms with E-state index in [2.05, 4.69) is 9.97 Å². The summed E-state index contributed by atoms with van der Waals surface area (Å²) in [5.74, 6) is 0.609. The van der Waals surface area contributed by atoms with Crippen molar-refractivity contribution in [1.82, 2.24) is 9.97 Å². The van der Waals surface area contributed by atoms with E-state index in [1.54, 1.807) is 36.7 Å². The fourth-order valence-corrected chi connectivity index (χ4v) is 2.02. The number of benzene rings is 1. The summed E-state index contributed by atoms with van der Waals surface area (Å²) in [6.07, 6.45) is 3.02. The second kappa shape index (κ2) is 6.19. The minimum absolute atomic E-state index is 0.0667. The van der Waals surface area contributed by atoms with Gasteiger partial charge in [-0.2, -0.15) is 0 Å². The van der Waals surface area contributed by atoms with E-state index in [4.69, 9.17) is 9.47 Å². The van der Waals surface area contributed by atoms with Gasteiger partial charge in [-0.25, -0.2) is 14.8 Å². The largest absolute Gasteiger partial charge is 0.425 e. The SMILES string of the molecule is CC1OC1C(=O)Oc1ccc(-c2ncc(CCF)cn2)cc1. The van der Waals surface area contributed by atoms with Crippen LogP contribution >= 0.6 is 0 Å². The molecule has 1 saturated heterocycles. The summed E-state index contributed by atoms with van der Waals surface area (Å²) >= 11 is 0. The Bertz CT molecular complexity index is 658. The zero-order chi connectivity index (χ0) is 15.5. The molecule has 3 rings (SSSR count). The minimum atomic E-state index is -0.453. The fourth-order valence-electron chi connectivity index (χ4n) is 2.02. The molecule has 2 aromatic rings. The van der Waals surface area contributed by atoms with Gasteiger partial charge >= 0.3 is 5.97 Å². The lowest BCUT2D eigenvalue weighted by molar-refractivity contribution is -0.135. The number of hydrogen-bond donors (Lipinski definition) is 0. The highest BCUT2D eigenvalue weighted by atomic mass is 19.1. The van der Waals surface area contributed by atoms with Crippen LogP contribution in [0.2, 0.25) is 0 Å². The molecular weight excluding hydrogens is 287 g/mol. The molecule has 0 radical (unpaired) electrons. The molecule has 6 heteroatoms. The number of halogens is 1. The average molecular weight is 302 g/mol. The van der Waals surface area contributed by atoms with E-state index < -0.39 is 12.8 Å². The van der Waals surface area contributed by atoms with Crippen LogP contribution in [-0.2, 0) is 16.0 Å². The predicted molar refractivity (Wildman–Crippen MR) is 77.1 cm³/mol. The summed E-state index contributed by atoms with van der Waals surface area (Å²) in [7, 11) is 0. The normalized spacial score (nSPS) is 19.7. The van der Waals surface area contributed by atoms with Crippen LogP contribution in [-0.4, -0.2) is 34.8 Å². The number of carbonyl (C=O) groups excluding carboxylic acids is 1. The fraction of sp³-hybridized carbons (Fsp3) is 0.312. The monoisotopic (exact) mass is 302 g/mol. The van der Waals surface area contributed by atoms with Gasteiger partial charge in [-0.3, -0.25) is 4.39 Å². The molecular formula is C16H15FN2O3.